The van der Waals surface area contributed by atoms with Crippen LogP contribution >= 0.6 is 0 Å². The molecule has 1 atom stereocenters. The number of nitrogens with one attached hydrogen (secondary N) is 1. The van der Waals surface area contributed by atoms with E-state index in [1.54, 1.807) is 13.0 Å². The Kier molecular flexibility index (Phi) is 6.40. The first-order valence-corrected chi connectivity index (χ1v) is 11.0. The van der Waals surface area contributed by atoms with Gasteiger partial charge in [-0.1, -0.05) is 12.1 Å². The Morgan fingerprint density at radius 1 is 1.09 bits per heavy atom. The van der Waals surface area contributed by atoms with Gasteiger partial charge in [0.05, 0.1) is 31.3 Å². The minimum absolute atomic E-state index is 0.0988. The van der Waals surface area contributed by atoms with E-state index < -0.39 is 0 Å². The van der Waals surface area contributed by atoms with Crippen LogP contribution in [0.5, 0.6) is 11.5 Å². The van der Waals surface area contributed by atoms with Crippen molar-refractivity contribution in [1.82, 2.24) is 5.32 Å². The number of rotatable bonds is 8. The normalized spacial score (nSPS) is 14.6. The van der Waals surface area contributed by atoms with E-state index in [-0.39, 0.29) is 18.1 Å². The van der Waals surface area contributed by atoms with Crippen LogP contribution in [0.4, 0.5) is 5.69 Å². The maximum atomic E-state index is 12.5. The van der Waals surface area contributed by atoms with E-state index in [0.717, 1.165) is 41.6 Å². The second-order valence-electron chi connectivity index (χ2n) is 8.16. The summed E-state index contributed by atoms with van der Waals surface area (Å²) in [6, 6.07) is 17.8. The van der Waals surface area contributed by atoms with E-state index in [4.69, 9.17) is 13.9 Å². The topological polar surface area (TPSA) is 63.9 Å². The molecule has 32 heavy (non-hydrogen) atoms. The van der Waals surface area contributed by atoms with Crippen molar-refractivity contribution in [2.75, 3.05) is 24.6 Å². The lowest BCUT2D eigenvalue weighted by atomic mass is 10.0. The fraction of sp³-hybridized carbons (Fsp3) is 0.346. The number of carbonyl (C=O) groups excluding carboxylic acids is 1. The van der Waals surface area contributed by atoms with Crippen molar-refractivity contribution in [2.45, 2.75) is 39.8 Å². The Morgan fingerprint density at radius 2 is 1.75 bits per heavy atom. The highest BCUT2D eigenvalue weighted by molar-refractivity contribution is 5.95. The minimum atomic E-state index is -0.118. The number of hydrogen-bond acceptors (Lipinski definition) is 5. The lowest BCUT2D eigenvalue weighted by Gasteiger charge is -2.40. The van der Waals surface area contributed by atoms with E-state index in [0.29, 0.717) is 17.9 Å². The SMILES string of the molecule is CCOc1ccc(OC2CN(c3ccc(C(C)NC(=O)c4cc(C)oc4C)cc3)C2)cc1. The summed E-state index contributed by atoms with van der Waals surface area (Å²) in [5, 5.41) is 3.05. The van der Waals surface area contributed by atoms with Crippen LogP contribution in [-0.4, -0.2) is 31.7 Å². The summed E-state index contributed by atoms with van der Waals surface area (Å²) >= 11 is 0. The lowest BCUT2D eigenvalue weighted by Crippen LogP contribution is -2.54. The van der Waals surface area contributed by atoms with Crippen molar-refractivity contribution in [3.8, 4) is 11.5 Å². The monoisotopic (exact) mass is 434 g/mol. The van der Waals surface area contributed by atoms with Crippen molar-refractivity contribution >= 4 is 11.6 Å². The van der Waals surface area contributed by atoms with Gasteiger partial charge in [0.2, 0.25) is 0 Å². The molecule has 1 saturated heterocycles. The van der Waals surface area contributed by atoms with Gasteiger partial charge >= 0.3 is 0 Å². The van der Waals surface area contributed by atoms with Gasteiger partial charge < -0.3 is 24.1 Å². The van der Waals surface area contributed by atoms with Gasteiger partial charge in [0.1, 0.15) is 29.1 Å². The Bertz CT molecular complexity index is 1050. The predicted octanol–water partition coefficient (Wildman–Crippen LogP) is 5.05. The Morgan fingerprint density at radius 3 is 2.34 bits per heavy atom. The summed E-state index contributed by atoms with van der Waals surface area (Å²) in [5.74, 6) is 2.98. The molecule has 2 heterocycles. The molecule has 1 N–H and O–H groups in total. The van der Waals surface area contributed by atoms with Crippen LogP contribution in [-0.2, 0) is 0 Å². The van der Waals surface area contributed by atoms with Crippen LogP contribution in [0.15, 0.2) is 59.0 Å². The summed E-state index contributed by atoms with van der Waals surface area (Å²) in [6.07, 6.45) is 0.174. The minimum Gasteiger partial charge on any atom is -0.494 e. The molecule has 0 aliphatic carbocycles. The molecule has 1 aromatic heterocycles. The number of carbonyl (C=O) groups is 1. The summed E-state index contributed by atoms with van der Waals surface area (Å²) in [6.45, 7) is 9.96. The number of nitrogens with zero attached hydrogens (tertiary/aromatic N) is 1. The van der Waals surface area contributed by atoms with Crippen LogP contribution in [0.3, 0.4) is 0 Å². The standard InChI is InChI=1S/C26H30N2O4/c1-5-30-22-10-12-23(13-11-22)32-24-15-28(16-24)21-8-6-20(7-9-21)18(3)27-26(29)25-14-17(2)31-19(25)4/h6-14,18,24H,5,15-16H2,1-4H3,(H,27,29). The van der Waals surface area contributed by atoms with Crippen molar-refractivity contribution in [3.05, 3.63) is 77.2 Å². The molecule has 0 saturated carbocycles. The van der Waals surface area contributed by atoms with E-state index in [1.165, 1.54) is 0 Å². The molecule has 1 aliphatic heterocycles. The van der Waals surface area contributed by atoms with Crippen LogP contribution in [0.25, 0.3) is 0 Å². The fourth-order valence-corrected chi connectivity index (χ4v) is 3.88. The second-order valence-corrected chi connectivity index (χ2v) is 8.16. The number of amides is 1. The highest BCUT2D eigenvalue weighted by atomic mass is 16.5. The van der Waals surface area contributed by atoms with Crippen molar-refractivity contribution in [1.29, 1.82) is 0 Å². The molecule has 0 bridgehead atoms. The summed E-state index contributed by atoms with van der Waals surface area (Å²) < 4.78 is 17.0. The lowest BCUT2D eigenvalue weighted by molar-refractivity contribution is 0.0938. The van der Waals surface area contributed by atoms with Gasteiger partial charge in [-0.05, 0) is 75.7 Å². The molecule has 3 aromatic rings. The summed E-state index contributed by atoms with van der Waals surface area (Å²) in [7, 11) is 0. The van der Waals surface area contributed by atoms with Gasteiger partial charge in [-0.15, -0.1) is 0 Å². The Balaban J connectivity index is 1.27. The largest absolute Gasteiger partial charge is 0.494 e. The molecular formula is C26H30N2O4. The first-order valence-electron chi connectivity index (χ1n) is 11.0. The van der Waals surface area contributed by atoms with Crippen molar-refractivity contribution < 1.29 is 18.7 Å². The molecule has 6 nitrogen and oxygen atoms in total. The van der Waals surface area contributed by atoms with Gasteiger partial charge in [0.15, 0.2) is 0 Å². The molecule has 168 valence electrons. The van der Waals surface area contributed by atoms with Crippen molar-refractivity contribution in [2.24, 2.45) is 0 Å². The van der Waals surface area contributed by atoms with Crippen molar-refractivity contribution in [3.63, 3.8) is 0 Å². The maximum absolute atomic E-state index is 12.5. The fourth-order valence-electron chi connectivity index (χ4n) is 3.88. The highest BCUT2D eigenvalue weighted by Crippen LogP contribution is 2.27. The molecule has 0 radical (unpaired) electrons. The molecule has 1 aliphatic rings. The molecule has 4 rings (SSSR count). The molecule has 1 amide bonds. The van der Waals surface area contributed by atoms with Crippen LogP contribution in [0.2, 0.25) is 0 Å². The zero-order valence-electron chi connectivity index (χ0n) is 19.1. The predicted molar refractivity (Wildman–Crippen MR) is 125 cm³/mol. The van der Waals surface area contributed by atoms with E-state index >= 15 is 0 Å². The summed E-state index contributed by atoms with van der Waals surface area (Å²) in [4.78, 5) is 14.8. The zero-order valence-corrected chi connectivity index (χ0v) is 19.1. The third-order valence-electron chi connectivity index (χ3n) is 5.68. The zero-order chi connectivity index (χ0) is 22.7. The maximum Gasteiger partial charge on any atom is 0.255 e. The number of hydrogen-bond donors (Lipinski definition) is 1. The van der Waals surface area contributed by atoms with E-state index in [2.05, 4.69) is 34.5 Å². The van der Waals surface area contributed by atoms with E-state index in [1.807, 2.05) is 45.0 Å². The van der Waals surface area contributed by atoms with Gasteiger partial charge in [-0.3, -0.25) is 4.79 Å². The third-order valence-corrected chi connectivity index (χ3v) is 5.68. The third kappa shape index (κ3) is 4.90. The van der Waals surface area contributed by atoms with Crippen LogP contribution < -0.4 is 19.7 Å². The number of ether oxygens (including phenoxy) is 2. The first kappa shape index (κ1) is 21.8. The van der Waals surface area contributed by atoms with Gasteiger partial charge in [0, 0.05) is 5.69 Å². The number of benzene rings is 2. The number of aryl methyl sites for hydroxylation is 2. The Labute approximate surface area is 189 Å². The highest BCUT2D eigenvalue weighted by Gasteiger charge is 2.28. The number of anilines is 1. The average Bonchev–Trinajstić information content (AvgIpc) is 3.10. The van der Waals surface area contributed by atoms with Gasteiger partial charge in [-0.25, -0.2) is 0 Å². The molecule has 6 heteroatoms. The summed E-state index contributed by atoms with van der Waals surface area (Å²) in [5.41, 5.74) is 2.80. The smallest absolute Gasteiger partial charge is 0.255 e. The van der Waals surface area contributed by atoms with Gasteiger partial charge in [-0.2, -0.15) is 0 Å². The second kappa shape index (κ2) is 9.39. The van der Waals surface area contributed by atoms with E-state index in [9.17, 15) is 4.79 Å². The molecule has 0 spiro atoms. The Hall–Kier alpha value is -3.41. The molecule has 1 unspecified atom stereocenters. The average molecular weight is 435 g/mol. The molecule has 1 fully saturated rings. The molecular weight excluding hydrogens is 404 g/mol. The number of furan rings is 1. The molecule has 2 aromatic carbocycles. The van der Waals surface area contributed by atoms with Crippen LogP contribution in [0, 0.1) is 13.8 Å². The quantitative estimate of drug-likeness (QED) is 0.537. The van der Waals surface area contributed by atoms with Crippen LogP contribution in [0.1, 0.15) is 47.3 Å². The van der Waals surface area contributed by atoms with Gasteiger partial charge in [0.25, 0.3) is 5.91 Å². The first-order chi connectivity index (χ1) is 15.4.